The van der Waals surface area contributed by atoms with E-state index in [4.69, 9.17) is 4.74 Å². The molecule has 0 unspecified atom stereocenters. The summed E-state index contributed by atoms with van der Waals surface area (Å²) in [6.45, 7) is 2.47. The van der Waals surface area contributed by atoms with Crippen LogP contribution in [0.1, 0.15) is 24.8 Å². The molecule has 1 aromatic rings. The van der Waals surface area contributed by atoms with Gasteiger partial charge in [-0.2, -0.15) is 5.10 Å². The van der Waals surface area contributed by atoms with Gasteiger partial charge < -0.3 is 14.7 Å². The Morgan fingerprint density at radius 2 is 2.10 bits per heavy atom. The average molecular weight is 278 g/mol. The minimum absolute atomic E-state index is 0.115. The van der Waals surface area contributed by atoms with Crippen LogP contribution in [0.5, 0.6) is 5.75 Å². The molecular weight excluding hydrogens is 258 g/mol. The van der Waals surface area contributed by atoms with Crippen LogP contribution in [0.4, 0.5) is 4.79 Å². The van der Waals surface area contributed by atoms with E-state index in [1.165, 1.54) is 30.4 Å². The molecule has 108 valence electrons. The first kappa shape index (κ1) is 14.3. The number of nitrogens with one attached hydrogen (secondary N) is 2. The molecule has 3 N–H and O–H groups in total. The maximum absolute atomic E-state index is 11.4. The van der Waals surface area contributed by atoms with Crippen LogP contribution in [0.3, 0.4) is 0 Å². The summed E-state index contributed by atoms with van der Waals surface area (Å²) in [5.74, 6) is 0.115. The van der Waals surface area contributed by atoms with Crippen molar-refractivity contribution in [2.75, 3.05) is 19.8 Å². The lowest BCUT2D eigenvalue weighted by atomic mass is 10.1. The third-order valence-corrected chi connectivity index (χ3v) is 3.26. The van der Waals surface area contributed by atoms with E-state index in [2.05, 4.69) is 10.5 Å². The number of aromatic hydroxyl groups is 1. The molecule has 1 heterocycles. The Labute approximate surface area is 118 Å². The van der Waals surface area contributed by atoms with Crippen LogP contribution >= 0.6 is 0 Å². The van der Waals surface area contributed by atoms with E-state index < -0.39 is 6.09 Å². The average Bonchev–Trinajstić information content (AvgIpc) is 2.48. The minimum atomic E-state index is -0.574. The topological polar surface area (TPSA) is 75.4 Å². The number of benzene rings is 1. The molecule has 0 aromatic heterocycles. The molecule has 1 amide bonds. The number of para-hydroxylation sites is 1. The van der Waals surface area contributed by atoms with E-state index in [0.29, 0.717) is 12.3 Å². The number of phenols is 1. The number of ether oxygens (including phenoxy) is 1. The molecule has 1 aliphatic rings. The molecule has 6 nitrogen and oxygen atoms in total. The lowest BCUT2D eigenvalue weighted by molar-refractivity contribution is -0.921. The Morgan fingerprint density at radius 1 is 1.35 bits per heavy atom. The highest BCUT2D eigenvalue weighted by Crippen LogP contribution is 2.12. The summed E-state index contributed by atoms with van der Waals surface area (Å²) in [4.78, 5) is 12.7. The zero-order chi connectivity index (χ0) is 14.2. The molecule has 0 aliphatic carbocycles. The molecular formula is C14H20N3O3+. The summed E-state index contributed by atoms with van der Waals surface area (Å²) in [7, 11) is 0. The second-order valence-corrected chi connectivity index (χ2v) is 4.82. The first-order valence-electron chi connectivity index (χ1n) is 6.83. The second kappa shape index (κ2) is 7.49. The standard InChI is InChI=1S/C14H19N3O3/c18-13-7-3-2-6-12(13)10-15-16-14(19)20-11-17-8-4-1-5-9-17/h2-3,6-7,10,18H,1,4-5,8-9,11H2,(H,16,19)/p+1/b15-10+. The normalized spacial score (nSPS) is 16.2. The van der Waals surface area contributed by atoms with Gasteiger partial charge in [0.05, 0.1) is 19.3 Å². The van der Waals surface area contributed by atoms with Crippen LogP contribution in [0.25, 0.3) is 0 Å². The van der Waals surface area contributed by atoms with Gasteiger partial charge in [0.2, 0.25) is 6.73 Å². The van der Waals surface area contributed by atoms with Gasteiger partial charge >= 0.3 is 6.09 Å². The second-order valence-electron chi connectivity index (χ2n) is 4.82. The van der Waals surface area contributed by atoms with Crippen LogP contribution in [-0.2, 0) is 4.74 Å². The molecule has 1 saturated heterocycles. The highest BCUT2D eigenvalue weighted by Gasteiger charge is 2.14. The number of piperidine rings is 1. The van der Waals surface area contributed by atoms with E-state index in [1.54, 1.807) is 24.3 Å². The Morgan fingerprint density at radius 3 is 2.85 bits per heavy atom. The predicted octanol–water partition coefficient (Wildman–Crippen LogP) is 0.479. The van der Waals surface area contributed by atoms with Crippen LogP contribution < -0.4 is 10.3 Å². The number of rotatable bonds is 4. The maximum atomic E-state index is 11.4. The smallest absolute Gasteiger partial charge is 0.432 e. The van der Waals surface area contributed by atoms with Crippen molar-refractivity contribution in [2.24, 2.45) is 5.10 Å². The molecule has 0 atom stereocenters. The fraction of sp³-hybridized carbons (Fsp3) is 0.429. The van der Waals surface area contributed by atoms with Crippen molar-refractivity contribution in [3.63, 3.8) is 0 Å². The molecule has 0 saturated carbocycles. The molecule has 0 spiro atoms. The van der Waals surface area contributed by atoms with Gasteiger partial charge in [0.15, 0.2) is 0 Å². The fourth-order valence-electron chi connectivity index (χ4n) is 2.15. The van der Waals surface area contributed by atoms with Crippen molar-refractivity contribution in [1.82, 2.24) is 5.43 Å². The van der Waals surface area contributed by atoms with Gasteiger partial charge in [-0.25, -0.2) is 10.2 Å². The van der Waals surface area contributed by atoms with Gasteiger partial charge in [-0.1, -0.05) is 12.1 Å². The third-order valence-electron chi connectivity index (χ3n) is 3.26. The lowest BCUT2D eigenvalue weighted by Crippen LogP contribution is -3.13. The van der Waals surface area contributed by atoms with Crippen LogP contribution in [0.2, 0.25) is 0 Å². The first-order valence-corrected chi connectivity index (χ1v) is 6.83. The number of likely N-dealkylation sites (tertiary alicyclic amines) is 1. The number of carbonyl (C=O) groups excluding carboxylic acids is 1. The molecule has 0 radical (unpaired) electrons. The number of nitrogens with zero attached hydrogens (tertiary/aromatic N) is 1. The Balaban J connectivity index is 1.70. The van der Waals surface area contributed by atoms with Crippen molar-refractivity contribution >= 4 is 12.3 Å². The zero-order valence-corrected chi connectivity index (χ0v) is 11.3. The van der Waals surface area contributed by atoms with Crippen molar-refractivity contribution < 1.29 is 19.5 Å². The van der Waals surface area contributed by atoms with Crippen molar-refractivity contribution in [1.29, 1.82) is 0 Å². The third kappa shape index (κ3) is 4.55. The van der Waals surface area contributed by atoms with E-state index in [-0.39, 0.29) is 5.75 Å². The lowest BCUT2D eigenvalue weighted by Gasteiger charge is -2.22. The number of hydrogen-bond donors (Lipinski definition) is 3. The van der Waals surface area contributed by atoms with Crippen LogP contribution in [-0.4, -0.2) is 37.2 Å². The molecule has 1 aliphatic heterocycles. The molecule has 6 heteroatoms. The Hall–Kier alpha value is -2.08. The van der Waals surface area contributed by atoms with E-state index >= 15 is 0 Å². The highest BCUT2D eigenvalue weighted by atomic mass is 16.6. The van der Waals surface area contributed by atoms with Crippen LogP contribution in [0, 0.1) is 0 Å². The molecule has 0 bridgehead atoms. The van der Waals surface area contributed by atoms with Crippen molar-refractivity contribution in [2.45, 2.75) is 19.3 Å². The van der Waals surface area contributed by atoms with Crippen LogP contribution in [0.15, 0.2) is 29.4 Å². The zero-order valence-electron chi connectivity index (χ0n) is 11.3. The Bertz CT molecular complexity index is 470. The van der Waals surface area contributed by atoms with Gasteiger partial charge in [0, 0.05) is 5.56 Å². The number of quaternary nitrogens is 1. The SMILES string of the molecule is O=C(N/N=C/c1ccccc1O)OC[NH+]1CCCCC1. The van der Waals surface area contributed by atoms with Gasteiger partial charge in [-0.15, -0.1) is 0 Å². The number of phenolic OH excluding ortho intramolecular Hbond substituents is 1. The number of hydrogen-bond acceptors (Lipinski definition) is 4. The van der Waals surface area contributed by atoms with Gasteiger partial charge in [-0.3, -0.25) is 0 Å². The summed E-state index contributed by atoms with van der Waals surface area (Å²) >= 11 is 0. The van der Waals surface area contributed by atoms with Crippen molar-refractivity contribution in [3.8, 4) is 5.75 Å². The van der Waals surface area contributed by atoms with Gasteiger partial charge in [0.1, 0.15) is 5.75 Å². The minimum Gasteiger partial charge on any atom is -0.507 e. The predicted molar refractivity (Wildman–Crippen MR) is 74.7 cm³/mol. The summed E-state index contributed by atoms with van der Waals surface area (Å²) in [6, 6.07) is 6.75. The number of amides is 1. The highest BCUT2D eigenvalue weighted by molar-refractivity contribution is 5.84. The Kier molecular flexibility index (Phi) is 5.37. The quantitative estimate of drug-likeness (QED) is 0.554. The largest absolute Gasteiger partial charge is 0.507 e. The van der Waals surface area contributed by atoms with E-state index in [0.717, 1.165) is 13.1 Å². The van der Waals surface area contributed by atoms with Gasteiger partial charge in [-0.05, 0) is 31.4 Å². The molecule has 1 fully saturated rings. The summed E-state index contributed by atoms with van der Waals surface area (Å²) in [5.41, 5.74) is 2.82. The molecule has 20 heavy (non-hydrogen) atoms. The van der Waals surface area contributed by atoms with E-state index in [1.807, 2.05) is 0 Å². The number of hydrazone groups is 1. The van der Waals surface area contributed by atoms with Crippen molar-refractivity contribution in [3.05, 3.63) is 29.8 Å². The monoisotopic (exact) mass is 278 g/mol. The summed E-state index contributed by atoms with van der Waals surface area (Å²) in [5, 5.41) is 13.3. The number of carbonyl (C=O) groups is 1. The maximum Gasteiger partial charge on any atom is 0.432 e. The van der Waals surface area contributed by atoms with E-state index in [9.17, 15) is 9.90 Å². The molecule has 1 aromatic carbocycles. The summed E-state index contributed by atoms with van der Waals surface area (Å²) in [6.07, 6.45) is 4.44. The first-order chi connectivity index (χ1) is 9.75. The van der Waals surface area contributed by atoms with Gasteiger partial charge in [0.25, 0.3) is 0 Å². The molecule has 2 rings (SSSR count). The summed E-state index contributed by atoms with van der Waals surface area (Å²) < 4.78 is 5.09. The fourth-order valence-corrected chi connectivity index (χ4v) is 2.15.